The standard InChI is InChI=1S/C18H17IN2O5S/c1-3-26-18(24)15-14(10-6-4-5-7-12(10)19)11(8-20)17(21-16(15)23)27-9-13(22)25-2/h4-7,14-15H,3,9H2,1-2H3,(H,21,23)/t14-,15-/m1/s1. The third-order valence-electron chi connectivity index (χ3n) is 3.87. The molecule has 0 radical (unpaired) electrons. The molecular weight excluding hydrogens is 483 g/mol. The molecule has 1 aromatic rings. The molecule has 0 fully saturated rings. The van der Waals surface area contributed by atoms with E-state index >= 15 is 0 Å². The average molecular weight is 500 g/mol. The number of thioether (sulfide) groups is 1. The summed E-state index contributed by atoms with van der Waals surface area (Å²) in [5, 5.41) is 12.6. The average Bonchev–Trinajstić information content (AvgIpc) is 2.65. The van der Waals surface area contributed by atoms with Gasteiger partial charge in [0.15, 0.2) is 0 Å². The van der Waals surface area contributed by atoms with Crippen molar-refractivity contribution >= 4 is 52.2 Å². The van der Waals surface area contributed by atoms with E-state index in [0.717, 1.165) is 15.3 Å². The minimum atomic E-state index is -1.18. The van der Waals surface area contributed by atoms with E-state index in [0.29, 0.717) is 5.56 Å². The number of hydrogen-bond donors (Lipinski definition) is 1. The molecule has 1 aliphatic heterocycles. The summed E-state index contributed by atoms with van der Waals surface area (Å²) in [5.74, 6) is -3.79. The molecule has 1 aliphatic rings. The maximum absolute atomic E-state index is 12.7. The molecule has 0 aliphatic carbocycles. The second-order valence-corrected chi connectivity index (χ2v) is 7.59. The van der Waals surface area contributed by atoms with Gasteiger partial charge in [-0.1, -0.05) is 30.0 Å². The first-order valence-corrected chi connectivity index (χ1v) is 10.1. The molecule has 1 N–H and O–H groups in total. The summed E-state index contributed by atoms with van der Waals surface area (Å²) in [6, 6.07) is 9.32. The van der Waals surface area contributed by atoms with Crippen molar-refractivity contribution in [3.8, 4) is 6.07 Å². The molecule has 2 atom stereocenters. The summed E-state index contributed by atoms with van der Waals surface area (Å²) < 4.78 is 10.5. The van der Waals surface area contributed by atoms with Gasteiger partial charge in [0.1, 0.15) is 5.92 Å². The Bertz CT molecular complexity index is 833. The number of allylic oxidation sites excluding steroid dienone is 1. The van der Waals surface area contributed by atoms with Crippen molar-refractivity contribution in [1.29, 1.82) is 5.26 Å². The van der Waals surface area contributed by atoms with Gasteiger partial charge in [-0.25, -0.2) is 0 Å². The van der Waals surface area contributed by atoms with Crippen LogP contribution in [0.3, 0.4) is 0 Å². The van der Waals surface area contributed by atoms with Gasteiger partial charge in [0.25, 0.3) is 0 Å². The minimum Gasteiger partial charge on any atom is -0.468 e. The van der Waals surface area contributed by atoms with Crippen molar-refractivity contribution in [2.45, 2.75) is 12.8 Å². The predicted octanol–water partition coefficient (Wildman–Crippen LogP) is 2.33. The molecule has 9 heteroatoms. The number of hydrogen-bond acceptors (Lipinski definition) is 7. The molecule has 27 heavy (non-hydrogen) atoms. The highest BCUT2D eigenvalue weighted by atomic mass is 127. The molecule has 7 nitrogen and oxygen atoms in total. The number of carbonyl (C=O) groups excluding carboxylic acids is 3. The molecule has 0 saturated heterocycles. The Morgan fingerprint density at radius 3 is 2.67 bits per heavy atom. The Balaban J connectivity index is 2.57. The lowest BCUT2D eigenvalue weighted by Crippen LogP contribution is -2.44. The minimum absolute atomic E-state index is 0.0695. The van der Waals surface area contributed by atoms with E-state index in [1.54, 1.807) is 19.1 Å². The molecule has 2 rings (SSSR count). The number of halogens is 1. The highest BCUT2D eigenvalue weighted by Gasteiger charge is 2.45. The third kappa shape index (κ3) is 4.81. The van der Waals surface area contributed by atoms with Gasteiger partial charge in [0, 0.05) is 9.49 Å². The number of esters is 2. The van der Waals surface area contributed by atoms with Crippen LogP contribution in [-0.2, 0) is 23.9 Å². The van der Waals surface area contributed by atoms with E-state index in [-0.39, 0.29) is 23.0 Å². The van der Waals surface area contributed by atoms with Gasteiger partial charge >= 0.3 is 11.9 Å². The van der Waals surface area contributed by atoms with Crippen LogP contribution in [0.4, 0.5) is 0 Å². The zero-order chi connectivity index (χ0) is 20.0. The fraction of sp³-hybridized carbons (Fsp3) is 0.333. The molecule has 1 heterocycles. The first-order valence-electron chi connectivity index (χ1n) is 8.00. The monoisotopic (exact) mass is 500 g/mol. The third-order valence-corrected chi connectivity index (χ3v) is 5.84. The summed E-state index contributed by atoms with van der Waals surface area (Å²) in [6.07, 6.45) is 0. The van der Waals surface area contributed by atoms with Crippen LogP contribution in [0.5, 0.6) is 0 Å². The molecule has 0 bridgehead atoms. The predicted molar refractivity (Wildman–Crippen MR) is 107 cm³/mol. The van der Waals surface area contributed by atoms with Crippen LogP contribution in [0, 0.1) is 20.8 Å². The molecule has 1 amide bonds. The maximum atomic E-state index is 12.7. The van der Waals surface area contributed by atoms with E-state index in [2.05, 4.69) is 38.7 Å². The Morgan fingerprint density at radius 1 is 1.37 bits per heavy atom. The molecule has 0 spiro atoms. The van der Waals surface area contributed by atoms with Crippen LogP contribution >= 0.6 is 34.4 Å². The first-order chi connectivity index (χ1) is 12.9. The largest absolute Gasteiger partial charge is 0.468 e. The van der Waals surface area contributed by atoms with E-state index in [9.17, 15) is 19.6 Å². The van der Waals surface area contributed by atoms with Crippen molar-refractivity contribution in [3.63, 3.8) is 0 Å². The summed E-state index contributed by atoms with van der Waals surface area (Å²) in [4.78, 5) is 36.6. The number of carbonyl (C=O) groups is 3. The van der Waals surface area contributed by atoms with Crippen LogP contribution in [0.2, 0.25) is 0 Å². The van der Waals surface area contributed by atoms with Crippen molar-refractivity contribution in [3.05, 3.63) is 44.0 Å². The van der Waals surface area contributed by atoms with Crippen LogP contribution in [-0.4, -0.2) is 37.3 Å². The van der Waals surface area contributed by atoms with Crippen LogP contribution in [0.15, 0.2) is 34.9 Å². The highest BCUT2D eigenvalue weighted by molar-refractivity contribution is 14.1. The first kappa shape index (κ1) is 21.2. The Hall–Kier alpha value is -2.06. The number of ether oxygens (including phenoxy) is 2. The van der Waals surface area contributed by atoms with Crippen LogP contribution in [0.25, 0.3) is 0 Å². The number of benzene rings is 1. The topological polar surface area (TPSA) is 105 Å². The fourth-order valence-corrected chi connectivity index (χ4v) is 4.28. The summed E-state index contributed by atoms with van der Waals surface area (Å²) in [7, 11) is 1.26. The summed E-state index contributed by atoms with van der Waals surface area (Å²) >= 11 is 3.09. The molecular formula is C18H17IN2O5S. The van der Waals surface area contributed by atoms with Crippen molar-refractivity contribution < 1.29 is 23.9 Å². The lowest BCUT2D eigenvalue weighted by Gasteiger charge is -2.31. The maximum Gasteiger partial charge on any atom is 0.319 e. The molecule has 0 saturated carbocycles. The van der Waals surface area contributed by atoms with Crippen LogP contribution < -0.4 is 5.32 Å². The number of methoxy groups -OCH3 is 1. The van der Waals surface area contributed by atoms with Crippen molar-refractivity contribution in [2.75, 3.05) is 19.5 Å². The van der Waals surface area contributed by atoms with E-state index < -0.39 is 29.7 Å². The molecule has 0 aromatic heterocycles. The zero-order valence-corrected chi connectivity index (χ0v) is 17.6. The quantitative estimate of drug-likeness (QED) is 0.363. The van der Waals surface area contributed by atoms with Gasteiger partial charge in [-0.3, -0.25) is 14.4 Å². The normalized spacial score (nSPS) is 19.1. The van der Waals surface area contributed by atoms with Gasteiger partial charge in [-0.05, 0) is 41.1 Å². The summed E-state index contributed by atoms with van der Waals surface area (Å²) in [5.41, 5.74) is 0.893. The van der Waals surface area contributed by atoms with Gasteiger partial charge in [-0.2, -0.15) is 5.26 Å². The lowest BCUT2D eigenvalue weighted by atomic mass is 9.78. The Labute approximate surface area is 174 Å². The van der Waals surface area contributed by atoms with Crippen molar-refractivity contribution in [1.82, 2.24) is 5.32 Å². The number of amides is 1. The zero-order valence-electron chi connectivity index (χ0n) is 14.7. The second-order valence-electron chi connectivity index (χ2n) is 5.44. The van der Waals surface area contributed by atoms with Gasteiger partial charge in [0.05, 0.1) is 36.1 Å². The molecule has 0 unspecified atom stereocenters. The molecule has 1 aromatic carbocycles. The van der Waals surface area contributed by atoms with E-state index in [1.807, 2.05) is 12.1 Å². The number of nitriles is 1. The SMILES string of the molecule is CCOC(=O)[C@H]1C(=O)NC(SCC(=O)OC)=C(C#N)[C@H]1c1ccccc1I. The fourth-order valence-electron chi connectivity index (χ4n) is 2.68. The van der Waals surface area contributed by atoms with E-state index in [1.165, 1.54) is 7.11 Å². The second kappa shape index (κ2) is 9.75. The Kier molecular flexibility index (Phi) is 7.67. The number of rotatable bonds is 6. The highest BCUT2D eigenvalue weighted by Crippen LogP contribution is 2.41. The lowest BCUT2D eigenvalue weighted by molar-refractivity contribution is -0.153. The molecule has 142 valence electrons. The van der Waals surface area contributed by atoms with Gasteiger partial charge < -0.3 is 14.8 Å². The van der Waals surface area contributed by atoms with E-state index in [4.69, 9.17) is 4.74 Å². The van der Waals surface area contributed by atoms with Gasteiger partial charge in [-0.15, -0.1) is 0 Å². The van der Waals surface area contributed by atoms with Crippen LogP contribution in [0.1, 0.15) is 18.4 Å². The number of nitrogens with zero attached hydrogens (tertiary/aromatic N) is 1. The smallest absolute Gasteiger partial charge is 0.319 e. The Morgan fingerprint density at radius 2 is 2.07 bits per heavy atom. The summed E-state index contributed by atoms with van der Waals surface area (Å²) in [6.45, 7) is 1.77. The van der Waals surface area contributed by atoms with Gasteiger partial charge in [0.2, 0.25) is 5.91 Å². The van der Waals surface area contributed by atoms with Crippen molar-refractivity contribution in [2.24, 2.45) is 5.92 Å². The number of nitrogens with one attached hydrogen (secondary N) is 1.